The molecule has 2 aliphatic carbocycles. The van der Waals surface area contributed by atoms with E-state index in [4.69, 9.17) is 4.74 Å². The average molecular weight is 548 g/mol. The second-order valence-electron chi connectivity index (χ2n) is 12.6. The van der Waals surface area contributed by atoms with Crippen molar-refractivity contribution >= 4 is 17.9 Å². The minimum atomic E-state index is -0.888. The van der Waals surface area contributed by atoms with Gasteiger partial charge in [-0.2, -0.15) is 0 Å². The molecule has 7 nitrogen and oxygen atoms in total. The first-order valence-corrected chi connectivity index (χ1v) is 14.7. The number of aryl methyl sites for hydroxylation is 1. The van der Waals surface area contributed by atoms with Crippen molar-refractivity contribution in [2.45, 2.75) is 109 Å². The van der Waals surface area contributed by atoms with Crippen LogP contribution in [0, 0.1) is 12.8 Å². The van der Waals surface area contributed by atoms with E-state index in [-0.39, 0.29) is 29.8 Å². The Morgan fingerprint density at radius 2 is 1.60 bits per heavy atom. The van der Waals surface area contributed by atoms with Crippen LogP contribution in [0.2, 0.25) is 0 Å². The minimum absolute atomic E-state index is 0.0883. The van der Waals surface area contributed by atoms with E-state index < -0.39 is 23.8 Å². The molecule has 2 N–H and O–H groups in total. The second-order valence-corrected chi connectivity index (χ2v) is 12.6. The summed E-state index contributed by atoms with van der Waals surface area (Å²) < 4.78 is 5.54. The molecule has 0 bridgehead atoms. The van der Waals surface area contributed by atoms with E-state index in [9.17, 15) is 14.4 Å². The molecule has 4 unspecified atom stereocenters. The van der Waals surface area contributed by atoms with Gasteiger partial charge in [0.1, 0.15) is 17.7 Å². The largest absolute Gasteiger partial charge is 0.444 e. The van der Waals surface area contributed by atoms with Crippen LogP contribution in [0.4, 0.5) is 4.79 Å². The molecule has 0 heterocycles. The summed E-state index contributed by atoms with van der Waals surface area (Å²) in [4.78, 5) is 43.3. The van der Waals surface area contributed by atoms with Crippen molar-refractivity contribution in [3.63, 3.8) is 0 Å². The highest BCUT2D eigenvalue weighted by molar-refractivity contribution is 5.93. The lowest BCUT2D eigenvalue weighted by Gasteiger charge is -2.36. The summed E-state index contributed by atoms with van der Waals surface area (Å²) in [5, 5.41) is 6.13. The fourth-order valence-electron chi connectivity index (χ4n) is 5.57. The highest BCUT2D eigenvalue weighted by Gasteiger charge is 2.48. The van der Waals surface area contributed by atoms with E-state index in [0.29, 0.717) is 6.42 Å². The summed E-state index contributed by atoms with van der Waals surface area (Å²) in [6.45, 7) is 9.49. The fourth-order valence-corrected chi connectivity index (χ4v) is 5.57. The highest BCUT2D eigenvalue weighted by Crippen LogP contribution is 2.41. The third-order valence-electron chi connectivity index (χ3n) is 7.82. The van der Waals surface area contributed by atoms with E-state index in [1.54, 1.807) is 25.7 Å². The van der Waals surface area contributed by atoms with E-state index in [2.05, 4.69) is 17.6 Å². The summed E-state index contributed by atoms with van der Waals surface area (Å²) in [5.74, 6) is -0.161. The lowest BCUT2D eigenvalue weighted by atomic mass is 9.94. The molecule has 2 aromatic carbocycles. The number of hydrogen-bond donors (Lipinski definition) is 2. The van der Waals surface area contributed by atoms with Crippen LogP contribution in [-0.4, -0.2) is 46.5 Å². The van der Waals surface area contributed by atoms with Gasteiger partial charge in [0.2, 0.25) is 11.8 Å². The van der Waals surface area contributed by atoms with E-state index in [0.717, 1.165) is 48.8 Å². The van der Waals surface area contributed by atoms with Gasteiger partial charge in [0, 0.05) is 18.5 Å². The molecule has 2 aromatic rings. The van der Waals surface area contributed by atoms with Gasteiger partial charge in [-0.1, -0.05) is 86.3 Å². The fraction of sp³-hybridized carbons (Fsp3) is 0.545. The van der Waals surface area contributed by atoms with Gasteiger partial charge in [-0.3, -0.25) is 9.59 Å². The van der Waals surface area contributed by atoms with Crippen molar-refractivity contribution < 1.29 is 19.1 Å². The summed E-state index contributed by atoms with van der Waals surface area (Å²) >= 11 is 0. The number of alkyl carbamates (subject to hydrolysis) is 1. The van der Waals surface area contributed by atoms with Crippen LogP contribution >= 0.6 is 0 Å². The van der Waals surface area contributed by atoms with Crippen LogP contribution < -0.4 is 10.6 Å². The van der Waals surface area contributed by atoms with Gasteiger partial charge in [-0.15, -0.1) is 0 Å². The molecule has 216 valence electrons. The molecule has 0 spiro atoms. The van der Waals surface area contributed by atoms with E-state index in [1.807, 2.05) is 61.5 Å². The van der Waals surface area contributed by atoms with Gasteiger partial charge in [-0.25, -0.2) is 4.79 Å². The minimum Gasteiger partial charge on any atom is -0.444 e. The maximum atomic E-state index is 14.5. The molecule has 2 saturated carbocycles. The second kappa shape index (κ2) is 12.9. The average Bonchev–Trinajstić information content (AvgIpc) is 3.62. The molecular weight excluding hydrogens is 502 g/mol. The van der Waals surface area contributed by atoms with Crippen molar-refractivity contribution in [1.82, 2.24) is 15.5 Å². The number of rotatable bonds is 9. The molecule has 4 atom stereocenters. The third kappa shape index (κ3) is 8.09. The molecule has 0 aliphatic heterocycles. The lowest BCUT2D eigenvalue weighted by molar-refractivity contribution is -0.143. The molecule has 3 amide bonds. The molecule has 7 heteroatoms. The summed E-state index contributed by atoms with van der Waals surface area (Å²) in [5.41, 5.74) is 2.07. The Labute approximate surface area is 239 Å². The maximum Gasteiger partial charge on any atom is 0.408 e. The smallest absolute Gasteiger partial charge is 0.408 e. The number of amides is 3. The number of ether oxygens (including phenoxy) is 1. The molecule has 4 rings (SSSR count). The number of carbonyl (C=O) groups is 3. The van der Waals surface area contributed by atoms with Crippen LogP contribution in [0.3, 0.4) is 0 Å². The SMILES string of the molecule is Cc1ccc(C(C(=O)NC2CCCCC2)N(C(=O)C(Cc2ccccc2)NC(=O)OC(C)(C)C)C2CC2C)cc1. The molecule has 0 aromatic heterocycles. The van der Waals surface area contributed by atoms with Gasteiger partial charge >= 0.3 is 6.09 Å². The topological polar surface area (TPSA) is 87.7 Å². The summed E-state index contributed by atoms with van der Waals surface area (Å²) in [7, 11) is 0. The van der Waals surface area contributed by atoms with Gasteiger partial charge in [0.05, 0.1) is 0 Å². The Hall–Kier alpha value is -3.35. The first kappa shape index (κ1) is 29.6. The van der Waals surface area contributed by atoms with Gasteiger partial charge in [-0.05, 0) is 64.0 Å². The lowest BCUT2D eigenvalue weighted by Crippen LogP contribution is -2.55. The van der Waals surface area contributed by atoms with Crippen molar-refractivity contribution in [2.24, 2.45) is 5.92 Å². The number of hydrogen-bond acceptors (Lipinski definition) is 4. The van der Waals surface area contributed by atoms with E-state index in [1.165, 1.54) is 6.42 Å². The third-order valence-corrected chi connectivity index (χ3v) is 7.82. The van der Waals surface area contributed by atoms with E-state index >= 15 is 0 Å². The number of benzene rings is 2. The molecule has 2 fully saturated rings. The zero-order valence-corrected chi connectivity index (χ0v) is 24.6. The van der Waals surface area contributed by atoms with Crippen LogP contribution in [0.5, 0.6) is 0 Å². The van der Waals surface area contributed by atoms with Crippen molar-refractivity contribution in [3.05, 3.63) is 71.3 Å². The Morgan fingerprint density at radius 1 is 0.975 bits per heavy atom. The molecule has 0 saturated heterocycles. The standard InChI is InChI=1S/C33H45N3O4/c1-22-16-18-25(19-17-22)29(30(37)34-26-14-10-7-11-15-26)36(28-20-23(28)2)31(38)27(21-24-12-8-6-9-13-24)35-32(39)40-33(3,4)5/h6,8-9,12-13,16-19,23,26-29H,7,10-11,14-15,20-21H2,1-5H3,(H,34,37)(H,35,39). The number of carbonyl (C=O) groups excluding carboxylic acids is 3. The van der Waals surface area contributed by atoms with Crippen LogP contribution in [0.1, 0.15) is 89.0 Å². The molecular formula is C33H45N3O4. The first-order valence-electron chi connectivity index (χ1n) is 14.7. The monoisotopic (exact) mass is 547 g/mol. The summed E-state index contributed by atoms with van der Waals surface area (Å²) in [6, 6.07) is 15.8. The van der Waals surface area contributed by atoms with Crippen LogP contribution in [-0.2, 0) is 20.7 Å². The Bertz CT molecular complexity index is 1150. The predicted molar refractivity (Wildman–Crippen MR) is 157 cm³/mol. The Morgan fingerprint density at radius 3 is 2.17 bits per heavy atom. The molecule has 40 heavy (non-hydrogen) atoms. The Kier molecular flexibility index (Phi) is 9.54. The molecule has 2 aliphatic rings. The van der Waals surface area contributed by atoms with Crippen LogP contribution in [0.25, 0.3) is 0 Å². The molecule has 0 radical (unpaired) electrons. The van der Waals surface area contributed by atoms with Crippen molar-refractivity contribution in [3.8, 4) is 0 Å². The zero-order chi connectivity index (χ0) is 28.9. The zero-order valence-electron chi connectivity index (χ0n) is 24.6. The predicted octanol–water partition coefficient (Wildman–Crippen LogP) is 5.86. The van der Waals surface area contributed by atoms with Gasteiger partial charge in [0.15, 0.2) is 0 Å². The first-order chi connectivity index (χ1) is 19.0. The van der Waals surface area contributed by atoms with Gasteiger partial charge < -0.3 is 20.3 Å². The number of nitrogens with one attached hydrogen (secondary N) is 2. The van der Waals surface area contributed by atoms with Crippen molar-refractivity contribution in [1.29, 1.82) is 0 Å². The quantitative estimate of drug-likeness (QED) is 0.412. The Balaban J connectivity index is 1.69. The maximum absolute atomic E-state index is 14.5. The highest BCUT2D eigenvalue weighted by atomic mass is 16.6. The number of nitrogens with zero attached hydrogens (tertiary/aromatic N) is 1. The summed E-state index contributed by atoms with van der Waals surface area (Å²) in [6.07, 6.45) is 5.76. The normalized spacial score (nSPS) is 20.6. The van der Waals surface area contributed by atoms with Gasteiger partial charge in [0.25, 0.3) is 0 Å². The van der Waals surface area contributed by atoms with Crippen LogP contribution in [0.15, 0.2) is 54.6 Å². The van der Waals surface area contributed by atoms with Crippen molar-refractivity contribution in [2.75, 3.05) is 0 Å².